The lowest BCUT2D eigenvalue weighted by molar-refractivity contribution is 0.0995. The maximum atomic E-state index is 13.3. The molecule has 0 bridgehead atoms. The zero-order valence-corrected chi connectivity index (χ0v) is 19.0. The Labute approximate surface area is 195 Å². The van der Waals surface area contributed by atoms with Crippen LogP contribution in [0, 0.1) is 0 Å². The van der Waals surface area contributed by atoms with Crippen molar-refractivity contribution in [1.29, 1.82) is 0 Å². The molecule has 1 unspecified atom stereocenters. The van der Waals surface area contributed by atoms with Gasteiger partial charge in [0.05, 0.1) is 12.4 Å². The van der Waals surface area contributed by atoms with Crippen LogP contribution in [0.25, 0.3) is 28.0 Å². The molecular formula is C26H22N4O2S. The van der Waals surface area contributed by atoms with Crippen molar-refractivity contribution in [1.82, 2.24) is 19.7 Å². The summed E-state index contributed by atoms with van der Waals surface area (Å²) in [6.45, 7) is 1.91. The van der Waals surface area contributed by atoms with Gasteiger partial charge < -0.3 is 9.72 Å². The molecule has 0 fully saturated rings. The Morgan fingerprint density at radius 1 is 0.970 bits per heavy atom. The molecule has 3 aromatic carbocycles. The van der Waals surface area contributed by atoms with E-state index in [1.807, 2.05) is 90.4 Å². The van der Waals surface area contributed by atoms with E-state index in [-0.39, 0.29) is 11.0 Å². The predicted molar refractivity (Wildman–Crippen MR) is 131 cm³/mol. The molecule has 5 rings (SSSR count). The smallest absolute Gasteiger partial charge is 0.196 e. The van der Waals surface area contributed by atoms with Gasteiger partial charge in [0.25, 0.3) is 0 Å². The van der Waals surface area contributed by atoms with Crippen LogP contribution in [0.1, 0.15) is 17.3 Å². The Morgan fingerprint density at radius 3 is 2.45 bits per heavy atom. The fourth-order valence-corrected chi connectivity index (χ4v) is 4.72. The minimum Gasteiger partial charge on any atom is -0.497 e. The zero-order valence-electron chi connectivity index (χ0n) is 18.2. The average Bonchev–Trinajstić information content (AvgIpc) is 3.48. The SMILES string of the molecule is COc1ccc(-c2nnc(SC(C)C(=O)c3c[nH]c4ccccc34)n2-c2ccccc2)cc1. The molecular weight excluding hydrogens is 432 g/mol. The van der Waals surface area contributed by atoms with Gasteiger partial charge in [-0.25, -0.2) is 0 Å². The molecule has 7 heteroatoms. The van der Waals surface area contributed by atoms with Crippen LogP contribution >= 0.6 is 11.8 Å². The maximum absolute atomic E-state index is 13.3. The highest BCUT2D eigenvalue weighted by Gasteiger charge is 2.24. The molecule has 0 spiro atoms. The molecule has 2 aromatic heterocycles. The van der Waals surface area contributed by atoms with E-state index in [9.17, 15) is 4.79 Å². The number of ketones is 1. The molecule has 0 aliphatic rings. The van der Waals surface area contributed by atoms with Crippen LogP contribution in [0.2, 0.25) is 0 Å². The minimum atomic E-state index is -0.348. The van der Waals surface area contributed by atoms with Gasteiger partial charge in [-0.05, 0) is 49.4 Å². The summed E-state index contributed by atoms with van der Waals surface area (Å²) in [5, 5.41) is 10.2. The average molecular weight is 455 g/mol. The van der Waals surface area contributed by atoms with Crippen LogP contribution in [-0.4, -0.2) is 37.9 Å². The van der Waals surface area contributed by atoms with Crippen molar-refractivity contribution < 1.29 is 9.53 Å². The highest BCUT2D eigenvalue weighted by molar-refractivity contribution is 8.00. The summed E-state index contributed by atoms with van der Waals surface area (Å²) in [4.78, 5) is 16.5. The number of para-hydroxylation sites is 2. The number of ether oxygens (including phenoxy) is 1. The second kappa shape index (κ2) is 8.96. The number of nitrogens with zero attached hydrogens (tertiary/aromatic N) is 3. The topological polar surface area (TPSA) is 72.8 Å². The number of aromatic amines is 1. The number of H-pyrrole nitrogens is 1. The number of hydrogen-bond donors (Lipinski definition) is 1. The molecule has 0 saturated carbocycles. The van der Waals surface area contributed by atoms with Gasteiger partial charge in [-0.15, -0.1) is 10.2 Å². The van der Waals surface area contributed by atoms with Crippen LogP contribution in [0.3, 0.4) is 0 Å². The molecule has 2 heterocycles. The largest absolute Gasteiger partial charge is 0.497 e. The fourth-order valence-electron chi connectivity index (χ4n) is 3.79. The second-order valence-corrected chi connectivity index (χ2v) is 8.89. The van der Waals surface area contributed by atoms with E-state index in [4.69, 9.17) is 4.74 Å². The van der Waals surface area contributed by atoms with E-state index in [1.54, 1.807) is 13.3 Å². The number of aromatic nitrogens is 4. The van der Waals surface area contributed by atoms with Gasteiger partial charge in [0.2, 0.25) is 0 Å². The summed E-state index contributed by atoms with van der Waals surface area (Å²) in [7, 11) is 1.64. The van der Waals surface area contributed by atoms with Crippen molar-refractivity contribution in [3.05, 3.63) is 90.6 Å². The number of Topliss-reactive ketones (excluding diaryl/α,β-unsaturated/α-hetero) is 1. The van der Waals surface area contributed by atoms with Crippen molar-refractivity contribution in [2.45, 2.75) is 17.3 Å². The number of rotatable bonds is 7. The third-order valence-corrected chi connectivity index (χ3v) is 6.54. The molecule has 6 nitrogen and oxygen atoms in total. The predicted octanol–water partition coefficient (Wildman–Crippen LogP) is 5.79. The Kier molecular flexibility index (Phi) is 5.71. The Hall–Kier alpha value is -3.84. The molecule has 0 radical (unpaired) electrons. The van der Waals surface area contributed by atoms with Crippen molar-refractivity contribution in [2.75, 3.05) is 7.11 Å². The number of hydrogen-bond acceptors (Lipinski definition) is 5. The molecule has 1 N–H and O–H groups in total. The molecule has 0 aliphatic carbocycles. The molecule has 0 amide bonds. The first-order valence-corrected chi connectivity index (χ1v) is 11.5. The summed E-state index contributed by atoms with van der Waals surface area (Å²) in [6, 6.07) is 25.5. The van der Waals surface area contributed by atoms with Crippen LogP contribution < -0.4 is 4.74 Å². The summed E-state index contributed by atoms with van der Waals surface area (Å²) in [5.41, 5.74) is 3.48. The van der Waals surface area contributed by atoms with Crippen molar-refractivity contribution in [2.24, 2.45) is 0 Å². The van der Waals surface area contributed by atoms with Gasteiger partial charge in [0, 0.05) is 33.9 Å². The van der Waals surface area contributed by atoms with Crippen molar-refractivity contribution in [3.8, 4) is 22.8 Å². The van der Waals surface area contributed by atoms with Crippen LogP contribution in [-0.2, 0) is 0 Å². The van der Waals surface area contributed by atoms with Gasteiger partial charge in [-0.2, -0.15) is 0 Å². The first kappa shape index (κ1) is 21.0. The fraction of sp³-hybridized carbons (Fsp3) is 0.115. The van der Waals surface area contributed by atoms with Crippen molar-refractivity contribution in [3.63, 3.8) is 0 Å². The summed E-state index contributed by atoms with van der Waals surface area (Å²) >= 11 is 1.40. The number of benzene rings is 3. The normalized spacial score (nSPS) is 12.1. The van der Waals surface area contributed by atoms with Crippen LogP contribution in [0.5, 0.6) is 5.75 Å². The maximum Gasteiger partial charge on any atom is 0.196 e. The van der Waals surface area contributed by atoms with Gasteiger partial charge in [-0.3, -0.25) is 9.36 Å². The highest BCUT2D eigenvalue weighted by Crippen LogP contribution is 2.32. The van der Waals surface area contributed by atoms with E-state index in [0.717, 1.165) is 27.9 Å². The monoisotopic (exact) mass is 454 g/mol. The van der Waals surface area contributed by atoms with Crippen LogP contribution in [0.4, 0.5) is 0 Å². The van der Waals surface area contributed by atoms with Gasteiger partial charge in [-0.1, -0.05) is 48.2 Å². The number of fused-ring (bicyclic) bond motifs is 1. The number of carbonyl (C=O) groups excluding carboxylic acids is 1. The van der Waals surface area contributed by atoms with E-state index in [0.29, 0.717) is 16.5 Å². The molecule has 33 heavy (non-hydrogen) atoms. The number of methoxy groups -OCH3 is 1. The number of thioether (sulfide) groups is 1. The Balaban J connectivity index is 1.51. The quantitative estimate of drug-likeness (QED) is 0.249. The third-order valence-electron chi connectivity index (χ3n) is 5.50. The van der Waals surface area contributed by atoms with E-state index < -0.39 is 0 Å². The van der Waals surface area contributed by atoms with E-state index in [1.165, 1.54) is 11.8 Å². The van der Waals surface area contributed by atoms with Gasteiger partial charge in [0.1, 0.15) is 5.75 Å². The van der Waals surface area contributed by atoms with Gasteiger partial charge >= 0.3 is 0 Å². The lowest BCUT2D eigenvalue weighted by atomic mass is 10.1. The second-order valence-electron chi connectivity index (χ2n) is 7.58. The van der Waals surface area contributed by atoms with Crippen molar-refractivity contribution >= 4 is 28.4 Å². The molecule has 0 saturated heterocycles. The Bertz CT molecular complexity index is 1410. The lowest BCUT2D eigenvalue weighted by Gasteiger charge is -2.13. The molecule has 5 aromatic rings. The van der Waals surface area contributed by atoms with E-state index in [2.05, 4.69) is 15.2 Å². The molecule has 0 aliphatic heterocycles. The molecule has 164 valence electrons. The number of nitrogens with one attached hydrogen (secondary N) is 1. The van der Waals surface area contributed by atoms with Crippen LogP contribution in [0.15, 0.2) is 90.2 Å². The first-order chi connectivity index (χ1) is 16.2. The van der Waals surface area contributed by atoms with Gasteiger partial charge in [0.15, 0.2) is 16.8 Å². The lowest BCUT2D eigenvalue weighted by Crippen LogP contribution is -2.14. The standard InChI is InChI=1S/C26H22N4O2S/c1-17(24(31)22-16-27-23-11-7-6-10-21(22)23)33-26-29-28-25(18-12-14-20(32-2)15-13-18)30(26)19-8-4-3-5-9-19/h3-17,27H,1-2H3. The first-order valence-electron chi connectivity index (χ1n) is 10.6. The highest BCUT2D eigenvalue weighted by atomic mass is 32.2. The third kappa shape index (κ3) is 4.03. The number of carbonyl (C=O) groups is 1. The summed E-state index contributed by atoms with van der Waals surface area (Å²) < 4.78 is 7.27. The minimum absolute atomic E-state index is 0.0473. The summed E-state index contributed by atoms with van der Waals surface area (Å²) in [5.74, 6) is 1.53. The van der Waals surface area contributed by atoms with E-state index >= 15 is 0 Å². The molecule has 1 atom stereocenters. The summed E-state index contributed by atoms with van der Waals surface area (Å²) in [6.07, 6.45) is 1.79. The zero-order chi connectivity index (χ0) is 22.8. The Morgan fingerprint density at radius 2 is 1.70 bits per heavy atom.